The molecule has 15 heteroatoms. The molecule has 0 aromatic rings. The van der Waals surface area contributed by atoms with Gasteiger partial charge in [-0.05, 0) is 44.9 Å². The van der Waals surface area contributed by atoms with Crippen LogP contribution in [0, 0.1) is 0 Å². The number of carbonyl (C=O) groups is 2. The number of phosphoric acid groups is 1. The second-order valence-electron chi connectivity index (χ2n) is 16.1. The van der Waals surface area contributed by atoms with E-state index in [1.165, 1.54) is 70.6 Å². The third kappa shape index (κ3) is 29.1. The van der Waals surface area contributed by atoms with Gasteiger partial charge in [-0.15, -0.1) is 0 Å². The van der Waals surface area contributed by atoms with Gasteiger partial charge in [-0.25, -0.2) is 4.57 Å². The van der Waals surface area contributed by atoms with E-state index in [4.69, 9.17) is 18.5 Å². The lowest BCUT2D eigenvalue weighted by Gasteiger charge is -2.41. The quantitative estimate of drug-likeness (QED) is 0.0103. The van der Waals surface area contributed by atoms with Gasteiger partial charge >= 0.3 is 19.8 Å². The maximum Gasteiger partial charge on any atom is 0.472 e. The first-order valence-corrected chi connectivity index (χ1v) is 24.7. The van der Waals surface area contributed by atoms with Gasteiger partial charge in [0, 0.05) is 12.8 Å². The molecule has 1 aliphatic rings. The average Bonchev–Trinajstić information content (AvgIpc) is 3.25. The van der Waals surface area contributed by atoms with Crippen LogP contribution in [0.4, 0.5) is 0 Å². The third-order valence-corrected chi connectivity index (χ3v) is 11.4. The van der Waals surface area contributed by atoms with Crippen molar-refractivity contribution in [2.45, 2.75) is 210 Å². The molecule has 0 aliphatic heterocycles. The van der Waals surface area contributed by atoms with Gasteiger partial charge in [0.1, 0.15) is 43.2 Å². The van der Waals surface area contributed by atoms with Crippen molar-refractivity contribution in [1.29, 1.82) is 0 Å². The predicted octanol–water partition coefficient (Wildman–Crippen LogP) is 7.92. The van der Waals surface area contributed by atoms with Gasteiger partial charge in [0.15, 0.2) is 6.10 Å². The van der Waals surface area contributed by atoms with Gasteiger partial charge in [0.05, 0.1) is 12.7 Å². The molecule has 0 heterocycles. The molecule has 1 rings (SSSR count). The molecule has 0 saturated heterocycles. The Morgan fingerprint density at radius 3 is 1.69 bits per heavy atom. The minimum atomic E-state index is -5.16. The average molecular weight is 901 g/mol. The summed E-state index contributed by atoms with van der Waals surface area (Å²) in [7, 11) is -5.16. The molecule has 0 aromatic heterocycles. The van der Waals surface area contributed by atoms with Crippen molar-refractivity contribution in [3.8, 4) is 0 Å². The topological polar surface area (TPSA) is 230 Å². The molecule has 0 spiro atoms. The third-order valence-electron chi connectivity index (χ3n) is 10.5. The van der Waals surface area contributed by atoms with Gasteiger partial charge < -0.3 is 45.0 Å². The molecule has 1 fully saturated rings. The van der Waals surface area contributed by atoms with Crippen LogP contribution in [0.2, 0.25) is 0 Å². The summed E-state index contributed by atoms with van der Waals surface area (Å²) in [6.07, 6.45) is 27.2. The lowest BCUT2D eigenvalue weighted by molar-refractivity contribution is -0.220. The summed E-state index contributed by atoms with van der Waals surface area (Å²) < 4.78 is 33.4. The molecule has 0 aromatic carbocycles. The number of esters is 2. The smallest absolute Gasteiger partial charge is 0.462 e. The number of unbranched alkanes of at least 4 members (excludes halogenated alkanes) is 15. The fourth-order valence-corrected chi connectivity index (χ4v) is 7.67. The minimum absolute atomic E-state index is 0.0453. The van der Waals surface area contributed by atoms with Crippen LogP contribution in [0.15, 0.2) is 60.8 Å². The summed E-state index contributed by atoms with van der Waals surface area (Å²) in [6.45, 7) is 3.05. The summed E-state index contributed by atoms with van der Waals surface area (Å²) in [4.78, 5) is 35.7. The van der Waals surface area contributed by atoms with Gasteiger partial charge in [-0.2, -0.15) is 0 Å². The highest BCUT2D eigenvalue weighted by molar-refractivity contribution is 7.47. The zero-order valence-corrected chi connectivity index (χ0v) is 38.4. The van der Waals surface area contributed by atoms with Crippen LogP contribution in [-0.4, -0.2) is 110 Å². The van der Waals surface area contributed by atoms with E-state index >= 15 is 0 Å². The molecule has 0 bridgehead atoms. The van der Waals surface area contributed by atoms with Gasteiger partial charge in [0.25, 0.3) is 0 Å². The van der Waals surface area contributed by atoms with Crippen molar-refractivity contribution in [1.82, 2.24) is 0 Å². The number of aliphatic hydroxyl groups excluding tert-OH is 6. The Labute approximate surface area is 371 Å². The maximum atomic E-state index is 12.8. The Bertz CT molecular complexity index is 1330. The molecule has 7 atom stereocenters. The lowest BCUT2D eigenvalue weighted by Crippen LogP contribution is -2.64. The molecule has 1 aliphatic carbocycles. The number of allylic oxidation sites excluding steroid dienone is 8. The van der Waals surface area contributed by atoms with E-state index in [1.54, 1.807) is 12.2 Å². The molecule has 1 saturated carbocycles. The maximum absolute atomic E-state index is 12.8. The minimum Gasteiger partial charge on any atom is -0.462 e. The van der Waals surface area contributed by atoms with E-state index in [0.29, 0.717) is 25.7 Å². The molecule has 7 unspecified atom stereocenters. The number of aliphatic hydroxyl groups is 6. The first kappa shape index (κ1) is 57.5. The van der Waals surface area contributed by atoms with E-state index in [9.17, 15) is 49.7 Å². The Morgan fingerprint density at radius 1 is 0.597 bits per heavy atom. The second kappa shape index (κ2) is 36.8. The van der Waals surface area contributed by atoms with Crippen LogP contribution >= 0.6 is 7.82 Å². The van der Waals surface area contributed by atoms with E-state index in [0.717, 1.165) is 38.5 Å². The van der Waals surface area contributed by atoms with Crippen LogP contribution in [0.1, 0.15) is 162 Å². The summed E-state index contributed by atoms with van der Waals surface area (Å²) >= 11 is 0. The predicted molar refractivity (Wildman–Crippen MR) is 241 cm³/mol. The van der Waals surface area contributed by atoms with Gasteiger partial charge in [-0.1, -0.05) is 164 Å². The normalized spacial score (nSPS) is 22.9. The van der Waals surface area contributed by atoms with E-state index in [-0.39, 0.29) is 12.8 Å². The first-order valence-electron chi connectivity index (χ1n) is 23.2. The van der Waals surface area contributed by atoms with Crippen LogP contribution in [0.5, 0.6) is 0 Å². The molecule has 7 N–H and O–H groups in total. The Balaban J connectivity index is 2.54. The number of carbonyl (C=O) groups excluding carboxylic acids is 2. The van der Waals surface area contributed by atoms with Crippen molar-refractivity contribution in [2.24, 2.45) is 0 Å². The largest absolute Gasteiger partial charge is 0.472 e. The van der Waals surface area contributed by atoms with Crippen molar-refractivity contribution in [3.63, 3.8) is 0 Å². The zero-order chi connectivity index (χ0) is 45.9. The standard InChI is InChI=1S/C47H81O14P/c1-3-5-7-9-11-13-15-16-17-18-19-21-23-25-30-34-40(49)58-36-39(37-59-62(56,57)61-47-45(54)43(52)42(51)44(53)46(47)55)60-41(50)35-31-27-26-29-33-38(48)32-28-24-22-20-14-12-10-8-6-4-2/h6,8,12,14,22,24,26,28-29,32,38-39,42-48,51-55H,3-5,7,9-11,13,15-21,23,25,27,30-31,33-37H2,1-2H3,(H,56,57)/b8-6-,14-12-,24-22-,29-26-,32-28+. The van der Waals surface area contributed by atoms with E-state index in [2.05, 4.69) is 38.2 Å². The van der Waals surface area contributed by atoms with Gasteiger partial charge in [-0.3, -0.25) is 18.6 Å². The molecule has 0 radical (unpaired) electrons. The Morgan fingerprint density at radius 2 is 1.11 bits per heavy atom. The Kier molecular flexibility index (Phi) is 34.2. The molecule has 14 nitrogen and oxygen atoms in total. The van der Waals surface area contributed by atoms with Crippen molar-refractivity contribution in [3.05, 3.63) is 60.8 Å². The van der Waals surface area contributed by atoms with Crippen molar-refractivity contribution < 1.29 is 68.2 Å². The van der Waals surface area contributed by atoms with E-state index in [1.807, 2.05) is 24.3 Å². The van der Waals surface area contributed by atoms with Gasteiger partial charge in [0.2, 0.25) is 0 Å². The summed E-state index contributed by atoms with van der Waals surface area (Å²) in [5.41, 5.74) is 0. The SMILES string of the molecule is CC/C=C\C/C=C\C/C=C\C=C\C(O)C/C=C\CCCC(=O)OC(COC(=O)CCCCCCCCCCCCCCCCC)COP(=O)(O)OC1C(O)C(O)C(O)C(O)C1O. The van der Waals surface area contributed by atoms with Crippen LogP contribution in [0.3, 0.4) is 0 Å². The zero-order valence-electron chi connectivity index (χ0n) is 37.5. The molecular weight excluding hydrogens is 819 g/mol. The van der Waals surface area contributed by atoms with Crippen molar-refractivity contribution in [2.75, 3.05) is 13.2 Å². The van der Waals surface area contributed by atoms with Crippen LogP contribution < -0.4 is 0 Å². The lowest BCUT2D eigenvalue weighted by atomic mass is 9.85. The van der Waals surface area contributed by atoms with Crippen molar-refractivity contribution >= 4 is 19.8 Å². The second-order valence-corrected chi connectivity index (χ2v) is 17.5. The molecule has 62 heavy (non-hydrogen) atoms. The summed E-state index contributed by atoms with van der Waals surface area (Å²) in [5, 5.41) is 60.3. The number of hydrogen-bond donors (Lipinski definition) is 7. The fourth-order valence-electron chi connectivity index (χ4n) is 6.70. The highest BCUT2D eigenvalue weighted by Gasteiger charge is 2.51. The summed E-state index contributed by atoms with van der Waals surface area (Å²) in [5.74, 6) is -1.24. The number of phosphoric ester groups is 1. The molecule has 358 valence electrons. The number of hydrogen-bond acceptors (Lipinski definition) is 13. The van der Waals surface area contributed by atoms with E-state index < -0.39 is 81.8 Å². The Hall–Kier alpha value is -2.49. The number of rotatable bonds is 37. The first-order chi connectivity index (χ1) is 29.8. The number of ether oxygens (including phenoxy) is 2. The van der Waals surface area contributed by atoms with Crippen LogP contribution in [0.25, 0.3) is 0 Å². The highest BCUT2D eigenvalue weighted by Crippen LogP contribution is 2.47. The van der Waals surface area contributed by atoms with Crippen LogP contribution in [-0.2, 0) is 32.7 Å². The monoisotopic (exact) mass is 901 g/mol. The molecule has 0 amide bonds. The summed E-state index contributed by atoms with van der Waals surface area (Å²) in [6, 6.07) is 0. The molecular formula is C47H81O14P. The fraction of sp³-hybridized carbons (Fsp3) is 0.745. The highest BCUT2D eigenvalue weighted by atomic mass is 31.2.